The van der Waals surface area contributed by atoms with E-state index in [9.17, 15) is 4.79 Å². The summed E-state index contributed by atoms with van der Waals surface area (Å²) in [6, 6.07) is 9.24. The van der Waals surface area contributed by atoms with E-state index >= 15 is 0 Å². The highest BCUT2D eigenvalue weighted by molar-refractivity contribution is 5.92. The maximum Gasteiger partial charge on any atom is 0.270 e. The number of nitrogens with one attached hydrogen (secondary N) is 1. The molecule has 5 nitrogen and oxygen atoms in total. The average Bonchev–Trinajstić information content (AvgIpc) is 2.92. The van der Waals surface area contributed by atoms with E-state index in [0.29, 0.717) is 18.8 Å². The van der Waals surface area contributed by atoms with Crippen LogP contribution < -0.4 is 14.8 Å². The van der Waals surface area contributed by atoms with Crippen LogP contribution in [0.5, 0.6) is 11.5 Å². The first-order chi connectivity index (χ1) is 11.2. The van der Waals surface area contributed by atoms with Crippen molar-refractivity contribution >= 4 is 5.91 Å². The van der Waals surface area contributed by atoms with Crippen LogP contribution in [0.1, 0.15) is 35.5 Å². The molecule has 0 radical (unpaired) electrons. The summed E-state index contributed by atoms with van der Waals surface area (Å²) in [7, 11) is 0. The molecule has 2 heterocycles. The van der Waals surface area contributed by atoms with Gasteiger partial charge >= 0.3 is 0 Å². The van der Waals surface area contributed by atoms with Crippen molar-refractivity contribution in [2.75, 3.05) is 6.61 Å². The van der Waals surface area contributed by atoms with Gasteiger partial charge in [-0.25, -0.2) is 0 Å². The molecule has 3 rings (SSSR count). The Bertz CT molecular complexity index is 701. The number of ether oxygens (including phenoxy) is 2. The quantitative estimate of drug-likeness (QED) is 0.922. The van der Waals surface area contributed by atoms with Crippen LogP contribution in [0.3, 0.4) is 0 Å². The van der Waals surface area contributed by atoms with Gasteiger partial charge in [0.15, 0.2) is 0 Å². The van der Waals surface area contributed by atoms with Gasteiger partial charge in [0.25, 0.3) is 5.91 Å². The lowest BCUT2D eigenvalue weighted by Gasteiger charge is -2.13. The van der Waals surface area contributed by atoms with E-state index in [1.54, 1.807) is 24.4 Å². The molecule has 1 N–H and O–H groups in total. The van der Waals surface area contributed by atoms with Gasteiger partial charge in [-0.15, -0.1) is 0 Å². The van der Waals surface area contributed by atoms with Gasteiger partial charge in [0.2, 0.25) is 0 Å². The van der Waals surface area contributed by atoms with Crippen LogP contribution in [0.15, 0.2) is 36.5 Å². The zero-order valence-corrected chi connectivity index (χ0v) is 13.3. The zero-order valence-electron chi connectivity index (χ0n) is 13.3. The van der Waals surface area contributed by atoms with Gasteiger partial charge < -0.3 is 14.8 Å². The van der Waals surface area contributed by atoms with Crippen LogP contribution in [0, 0.1) is 0 Å². The Labute approximate surface area is 135 Å². The Kier molecular flexibility index (Phi) is 4.46. The zero-order chi connectivity index (χ0) is 16.2. The first kappa shape index (κ1) is 15.3. The summed E-state index contributed by atoms with van der Waals surface area (Å²) < 4.78 is 11.5. The number of fused-ring (bicyclic) bond motifs is 1. The van der Waals surface area contributed by atoms with Crippen molar-refractivity contribution in [2.24, 2.45) is 0 Å². The molecule has 23 heavy (non-hydrogen) atoms. The molecule has 1 aliphatic rings. The number of pyridine rings is 1. The average molecular weight is 312 g/mol. The molecule has 1 atom stereocenters. The number of carbonyl (C=O) groups excluding carboxylic acids is 1. The molecule has 1 aromatic carbocycles. The number of benzene rings is 1. The van der Waals surface area contributed by atoms with Gasteiger partial charge in [0.05, 0.1) is 6.61 Å². The fourth-order valence-electron chi connectivity index (χ4n) is 2.67. The fraction of sp³-hybridized carbons (Fsp3) is 0.333. The maximum atomic E-state index is 12.1. The first-order valence-electron chi connectivity index (χ1n) is 7.82. The molecule has 1 amide bonds. The molecular weight excluding hydrogens is 292 g/mol. The Hall–Kier alpha value is -2.56. The number of amides is 1. The van der Waals surface area contributed by atoms with E-state index in [-0.39, 0.29) is 12.0 Å². The highest BCUT2D eigenvalue weighted by Gasteiger charge is 2.22. The summed E-state index contributed by atoms with van der Waals surface area (Å²) >= 11 is 0. The lowest BCUT2D eigenvalue weighted by molar-refractivity contribution is 0.0945. The Morgan fingerprint density at radius 2 is 2.30 bits per heavy atom. The van der Waals surface area contributed by atoms with E-state index < -0.39 is 0 Å². The number of rotatable bonds is 5. The number of hydrogen-bond donors (Lipinski definition) is 1. The Morgan fingerprint density at radius 3 is 3.04 bits per heavy atom. The van der Waals surface area contributed by atoms with Gasteiger partial charge in [-0.2, -0.15) is 0 Å². The normalized spacial score (nSPS) is 15.7. The summed E-state index contributed by atoms with van der Waals surface area (Å²) in [4.78, 5) is 16.2. The van der Waals surface area contributed by atoms with Crippen molar-refractivity contribution in [3.05, 3.63) is 53.3 Å². The number of carbonyl (C=O) groups is 1. The molecule has 0 spiro atoms. The molecule has 2 aromatic rings. The summed E-state index contributed by atoms with van der Waals surface area (Å²) in [5.41, 5.74) is 2.46. The molecule has 0 aliphatic carbocycles. The largest absolute Gasteiger partial charge is 0.494 e. The minimum atomic E-state index is -0.206. The van der Waals surface area contributed by atoms with Gasteiger partial charge in [-0.1, -0.05) is 6.07 Å². The fourth-order valence-corrected chi connectivity index (χ4v) is 2.67. The highest BCUT2D eigenvalue weighted by Crippen LogP contribution is 2.35. The van der Waals surface area contributed by atoms with E-state index in [1.807, 2.05) is 26.0 Å². The molecule has 0 saturated heterocycles. The molecule has 1 unspecified atom stereocenters. The van der Waals surface area contributed by atoms with Crippen molar-refractivity contribution in [1.29, 1.82) is 0 Å². The van der Waals surface area contributed by atoms with Crippen LogP contribution >= 0.6 is 0 Å². The standard InChI is InChI=1S/C18H20N2O3/c1-3-22-16-9-13-8-12(2)23-17(13)10-14(16)11-20-18(21)15-6-4-5-7-19-15/h4-7,9-10,12H,3,8,11H2,1-2H3,(H,20,21). The van der Waals surface area contributed by atoms with Gasteiger partial charge in [-0.3, -0.25) is 9.78 Å². The predicted molar refractivity (Wildman–Crippen MR) is 86.8 cm³/mol. The van der Waals surface area contributed by atoms with Crippen molar-refractivity contribution in [1.82, 2.24) is 10.3 Å². The van der Waals surface area contributed by atoms with Gasteiger partial charge in [-0.05, 0) is 38.1 Å². The minimum Gasteiger partial charge on any atom is -0.494 e. The highest BCUT2D eigenvalue weighted by atomic mass is 16.5. The number of aromatic nitrogens is 1. The van der Waals surface area contributed by atoms with Crippen LogP contribution in [-0.4, -0.2) is 23.6 Å². The summed E-state index contributed by atoms with van der Waals surface area (Å²) in [6.45, 7) is 4.94. The van der Waals surface area contributed by atoms with Gasteiger partial charge in [0, 0.05) is 30.3 Å². The molecule has 0 fully saturated rings. The third kappa shape index (κ3) is 3.44. The summed E-state index contributed by atoms with van der Waals surface area (Å²) in [5.74, 6) is 1.47. The summed E-state index contributed by atoms with van der Waals surface area (Å²) in [6.07, 6.45) is 2.67. The lowest BCUT2D eigenvalue weighted by atomic mass is 10.1. The summed E-state index contributed by atoms with van der Waals surface area (Å²) in [5, 5.41) is 2.88. The molecule has 0 saturated carbocycles. The second-order valence-corrected chi connectivity index (χ2v) is 5.53. The first-order valence-corrected chi connectivity index (χ1v) is 7.82. The van der Waals surface area contributed by atoms with Crippen LogP contribution in [0.4, 0.5) is 0 Å². The van der Waals surface area contributed by atoms with Gasteiger partial charge in [0.1, 0.15) is 23.3 Å². The van der Waals surface area contributed by atoms with Crippen LogP contribution in [0.25, 0.3) is 0 Å². The van der Waals surface area contributed by atoms with Crippen LogP contribution in [0.2, 0.25) is 0 Å². The molecule has 120 valence electrons. The van der Waals surface area contributed by atoms with E-state index in [4.69, 9.17) is 9.47 Å². The smallest absolute Gasteiger partial charge is 0.270 e. The third-order valence-corrected chi connectivity index (χ3v) is 3.72. The molecule has 1 aromatic heterocycles. The SMILES string of the molecule is CCOc1cc2c(cc1CNC(=O)c1ccccn1)OC(C)C2. The van der Waals surface area contributed by atoms with Crippen molar-refractivity contribution in [3.63, 3.8) is 0 Å². The van der Waals surface area contributed by atoms with Crippen molar-refractivity contribution in [2.45, 2.75) is 32.9 Å². The van der Waals surface area contributed by atoms with E-state index in [1.165, 1.54) is 0 Å². The van der Waals surface area contributed by atoms with E-state index in [0.717, 1.165) is 29.0 Å². The van der Waals surface area contributed by atoms with Crippen molar-refractivity contribution < 1.29 is 14.3 Å². The number of hydrogen-bond acceptors (Lipinski definition) is 4. The van der Waals surface area contributed by atoms with Crippen LogP contribution in [-0.2, 0) is 13.0 Å². The Morgan fingerprint density at radius 1 is 1.43 bits per heavy atom. The van der Waals surface area contributed by atoms with E-state index in [2.05, 4.69) is 10.3 Å². The Balaban J connectivity index is 1.76. The maximum absolute atomic E-state index is 12.1. The predicted octanol–water partition coefficient (Wildman–Crippen LogP) is 2.73. The minimum absolute atomic E-state index is 0.179. The topological polar surface area (TPSA) is 60.5 Å². The molecule has 1 aliphatic heterocycles. The second kappa shape index (κ2) is 6.69. The monoisotopic (exact) mass is 312 g/mol. The molecule has 0 bridgehead atoms. The lowest BCUT2D eigenvalue weighted by Crippen LogP contribution is -2.24. The molecule has 5 heteroatoms. The van der Waals surface area contributed by atoms with Crippen molar-refractivity contribution in [3.8, 4) is 11.5 Å². The second-order valence-electron chi connectivity index (χ2n) is 5.53. The molecular formula is C18H20N2O3. The third-order valence-electron chi connectivity index (χ3n) is 3.72. The number of nitrogens with zero attached hydrogens (tertiary/aromatic N) is 1.